The van der Waals surface area contributed by atoms with Crippen LogP contribution in [0.3, 0.4) is 0 Å². The molecule has 162 valence electrons. The maximum atomic E-state index is 12.4. The molecule has 1 fully saturated rings. The summed E-state index contributed by atoms with van der Waals surface area (Å²) in [6.45, 7) is 0.224. The highest BCUT2D eigenvalue weighted by Crippen LogP contribution is 2.27. The van der Waals surface area contributed by atoms with E-state index in [4.69, 9.17) is 27.9 Å². The van der Waals surface area contributed by atoms with Crippen LogP contribution in [0.5, 0.6) is 5.75 Å². The fourth-order valence-corrected chi connectivity index (χ4v) is 4.93. The van der Waals surface area contributed by atoms with Crippen molar-refractivity contribution >= 4 is 39.1 Å². The fraction of sp³-hybridized carbons (Fsp3) is 0.381. The van der Waals surface area contributed by atoms with E-state index in [2.05, 4.69) is 10.0 Å². The number of halogens is 2. The quantitative estimate of drug-likeness (QED) is 0.580. The van der Waals surface area contributed by atoms with Gasteiger partial charge < -0.3 is 10.1 Å². The molecule has 0 unspecified atom stereocenters. The topological polar surface area (TPSA) is 84.5 Å². The van der Waals surface area contributed by atoms with Crippen molar-refractivity contribution in [2.75, 3.05) is 13.2 Å². The van der Waals surface area contributed by atoms with E-state index >= 15 is 0 Å². The summed E-state index contributed by atoms with van der Waals surface area (Å²) in [4.78, 5) is 12.2. The summed E-state index contributed by atoms with van der Waals surface area (Å²) in [5.41, 5.74) is 0.925. The lowest BCUT2D eigenvalue weighted by molar-refractivity contribution is -0.123. The van der Waals surface area contributed by atoms with Crippen LogP contribution in [0.2, 0.25) is 10.0 Å². The van der Waals surface area contributed by atoms with E-state index in [1.807, 2.05) is 0 Å². The van der Waals surface area contributed by atoms with E-state index in [-0.39, 0.29) is 23.5 Å². The molecular weight excluding hydrogens is 447 g/mol. The van der Waals surface area contributed by atoms with E-state index in [9.17, 15) is 13.2 Å². The van der Waals surface area contributed by atoms with Crippen LogP contribution in [-0.4, -0.2) is 33.5 Å². The number of carbonyl (C=O) groups is 1. The van der Waals surface area contributed by atoms with E-state index < -0.39 is 10.0 Å². The highest BCUT2D eigenvalue weighted by Gasteiger charge is 2.22. The van der Waals surface area contributed by atoms with Crippen molar-refractivity contribution in [1.29, 1.82) is 0 Å². The first-order chi connectivity index (χ1) is 14.3. The van der Waals surface area contributed by atoms with Gasteiger partial charge in [-0.15, -0.1) is 0 Å². The van der Waals surface area contributed by atoms with Gasteiger partial charge in [0, 0.05) is 23.7 Å². The van der Waals surface area contributed by atoms with Crippen molar-refractivity contribution in [3.05, 3.63) is 58.1 Å². The minimum Gasteiger partial charge on any atom is -0.482 e. The Morgan fingerprint density at radius 1 is 1.07 bits per heavy atom. The molecule has 1 amide bonds. The van der Waals surface area contributed by atoms with Crippen molar-refractivity contribution in [2.24, 2.45) is 0 Å². The monoisotopic (exact) mass is 470 g/mol. The molecule has 0 spiro atoms. The number of rotatable bonds is 9. The minimum atomic E-state index is -3.49. The fourth-order valence-electron chi connectivity index (χ4n) is 3.29. The highest BCUT2D eigenvalue weighted by atomic mass is 35.5. The standard InChI is InChI=1S/C21H24Cl2N2O4S/c22-16-7-10-19(23)20(13-16)29-14-21(26)24-12-11-15-5-8-18(9-6-15)30(27,28)25-17-3-1-2-4-17/h5-10,13,17,25H,1-4,11-12,14H2,(H,24,26). The lowest BCUT2D eigenvalue weighted by atomic mass is 10.1. The van der Waals surface area contributed by atoms with Crippen molar-refractivity contribution in [3.63, 3.8) is 0 Å². The maximum absolute atomic E-state index is 12.4. The lowest BCUT2D eigenvalue weighted by Crippen LogP contribution is -2.32. The van der Waals surface area contributed by atoms with Gasteiger partial charge in [0.05, 0.1) is 9.92 Å². The summed E-state index contributed by atoms with van der Waals surface area (Å²) >= 11 is 11.9. The molecule has 0 aliphatic heterocycles. The number of nitrogens with one attached hydrogen (secondary N) is 2. The first-order valence-corrected chi connectivity index (χ1v) is 12.0. The molecule has 2 aromatic carbocycles. The van der Waals surface area contributed by atoms with Crippen molar-refractivity contribution in [3.8, 4) is 5.75 Å². The Balaban J connectivity index is 1.43. The zero-order chi connectivity index (χ0) is 21.6. The number of hydrogen-bond donors (Lipinski definition) is 2. The van der Waals surface area contributed by atoms with Gasteiger partial charge in [-0.25, -0.2) is 13.1 Å². The minimum absolute atomic E-state index is 0.0360. The molecule has 0 radical (unpaired) electrons. The van der Waals surface area contributed by atoms with E-state index in [1.54, 1.807) is 42.5 Å². The summed E-state index contributed by atoms with van der Waals surface area (Å²) in [5.74, 6) is 0.0633. The average Bonchev–Trinajstić information content (AvgIpc) is 3.21. The SMILES string of the molecule is O=C(COc1cc(Cl)ccc1Cl)NCCc1ccc(S(=O)(=O)NC2CCCC2)cc1. The third-order valence-electron chi connectivity index (χ3n) is 4.90. The Bertz CT molecular complexity index is 975. The van der Waals surface area contributed by atoms with E-state index in [0.29, 0.717) is 28.8 Å². The normalized spacial score (nSPS) is 14.6. The Hall–Kier alpha value is -1.80. The molecular formula is C21H24Cl2N2O4S. The molecule has 0 heterocycles. The molecule has 1 aliphatic carbocycles. The van der Waals surface area contributed by atoms with Gasteiger partial charge in [-0.2, -0.15) is 0 Å². The van der Waals surface area contributed by atoms with Crippen LogP contribution in [0.1, 0.15) is 31.2 Å². The van der Waals surface area contributed by atoms with Crippen molar-refractivity contribution in [1.82, 2.24) is 10.0 Å². The smallest absolute Gasteiger partial charge is 0.257 e. The Morgan fingerprint density at radius 3 is 2.47 bits per heavy atom. The highest BCUT2D eigenvalue weighted by molar-refractivity contribution is 7.89. The van der Waals surface area contributed by atoms with Gasteiger partial charge in [0.2, 0.25) is 10.0 Å². The molecule has 6 nitrogen and oxygen atoms in total. The number of ether oxygens (including phenoxy) is 1. The Morgan fingerprint density at radius 2 is 1.77 bits per heavy atom. The average molecular weight is 471 g/mol. The largest absolute Gasteiger partial charge is 0.482 e. The molecule has 2 N–H and O–H groups in total. The molecule has 0 saturated heterocycles. The van der Waals surface area contributed by atoms with Crippen LogP contribution in [0.25, 0.3) is 0 Å². The Kier molecular flexibility index (Phi) is 7.99. The molecule has 9 heteroatoms. The molecule has 1 aliphatic rings. The molecule has 2 aromatic rings. The summed E-state index contributed by atoms with van der Waals surface area (Å²) in [5, 5.41) is 3.61. The maximum Gasteiger partial charge on any atom is 0.257 e. The third-order valence-corrected chi connectivity index (χ3v) is 6.98. The third kappa shape index (κ3) is 6.60. The summed E-state index contributed by atoms with van der Waals surface area (Å²) in [6, 6.07) is 11.5. The van der Waals surface area contributed by atoms with E-state index in [1.165, 1.54) is 0 Å². The van der Waals surface area contributed by atoms with Crippen LogP contribution in [0, 0.1) is 0 Å². The first kappa shape index (κ1) is 22.9. The lowest BCUT2D eigenvalue weighted by Gasteiger charge is -2.13. The first-order valence-electron chi connectivity index (χ1n) is 9.79. The second-order valence-corrected chi connectivity index (χ2v) is 9.77. The van der Waals surface area contributed by atoms with Crippen LogP contribution >= 0.6 is 23.2 Å². The van der Waals surface area contributed by atoms with Crippen molar-refractivity contribution < 1.29 is 17.9 Å². The zero-order valence-electron chi connectivity index (χ0n) is 16.4. The van der Waals surface area contributed by atoms with Gasteiger partial charge in [-0.1, -0.05) is 48.2 Å². The number of amides is 1. The second kappa shape index (κ2) is 10.5. The summed E-state index contributed by atoms with van der Waals surface area (Å²) in [6.07, 6.45) is 4.48. The van der Waals surface area contributed by atoms with Gasteiger partial charge in [0.25, 0.3) is 5.91 Å². The molecule has 0 aromatic heterocycles. The number of carbonyl (C=O) groups excluding carboxylic acids is 1. The second-order valence-electron chi connectivity index (χ2n) is 7.21. The predicted octanol–water partition coefficient (Wildman–Crippen LogP) is 3.95. The van der Waals surface area contributed by atoms with Crippen molar-refractivity contribution in [2.45, 2.75) is 43.0 Å². The molecule has 30 heavy (non-hydrogen) atoms. The van der Waals surface area contributed by atoms with Gasteiger partial charge in [-0.05, 0) is 49.1 Å². The summed E-state index contributed by atoms with van der Waals surface area (Å²) < 4.78 is 33.0. The van der Waals surface area contributed by atoms with Gasteiger partial charge in [0.1, 0.15) is 5.75 Å². The molecule has 1 saturated carbocycles. The molecule has 0 bridgehead atoms. The molecule has 0 atom stereocenters. The number of benzene rings is 2. The number of hydrogen-bond acceptors (Lipinski definition) is 4. The van der Waals surface area contributed by atoms with Gasteiger partial charge in [0.15, 0.2) is 6.61 Å². The van der Waals surface area contributed by atoms with Crippen LogP contribution in [0.4, 0.5) is 0 Å². The van der Waals surface area contributed by atoms with Crippen LogP contribution in [-0.2, 0) is 21.2 Å². The van der Waals surface area contributed by atoms with Crippen LogP contribution in [0.15, 0.2) is 47.4 Å². The predicted molar refractivity (Wildman–Crippen MR) is 118 cm³/mol. The Labute approximate surface area is 187 Å². The zero-order valence-corrected chi connectivity index (χ0v) is 18.7. The van der Waals surface area contributed by atoms with E-state index in [0.717, 1.165) is 31.2 Å². The van der Waals surface area contributed by atoms with Crippen LogP contribution < -0.4 is 14.8 Å². The summed E-state index contributed by atoms with van der Waals surface area (Å²) in [7, 11) is -3.49. The molecule has 3 rings (SSSR count). The number of sulfonamides is 1. The van der Waals surface area contributed by atoms with Gasteiger partial charge in [-0.3, -0.25) is 4.79 Å². The van der Waals surface area contributed by atoms with Gasteiger partial charge >= 0.3 is 0 Å².